The number of carbonyl (C=O) groups is 2. The van der Waals surface area contributed by atoms with Crippen LogP contribution in [0.2, 0.25) is 0 Å². The minimum Gasteiger partial charge on any atom is -0.390 e. The molecule has 176 valence electrons. The minimum absolute atomic E-state index is 0.106. The Bertz CT molecular complexity index is 976. The van der Waals surface area contributed by atoms with Gasteiger partial charge in [-0.3, -0.25) is 19.5 Å². The smallest absolute Gasteiger partial charge is 0.251 e. The maximum atomic E-state index is 12.6. The van der Waals surface area contributed by atoms with Crippen LogP contribution in [0.4, 0.5) is 5.82 Å². The fraction of sp³-hybridized carbons (Fsp3) is 0.500. The van der Waals surface area contributed by atoms with Crippen LogP contribution in [0.3, 0.4) is 0 Å². The Morgan fingerprint density at radius 1 is 1.18 bits per heavy atom. The topological polar surface area (TPSA) is 111 Å². The molecule has 0 aliphatic carbocycles. The number of pyridine rings is 2. The number of nitrogens with one attached hydrogen (secondary N) is 2. The molecule has 4 rings (SSSR count). The summed E-state index contributed by atoms with van der Waals surface area (Å²) >= 11 is 0. The minimum atomic E-state index is -0.650. The molecule has 9 heteroatoms. The molecule has 1 atom stereocenters. The highest BCUT2D eigenvalue weighted by molar-refractivity contribution is 5.94. The van der Waals surface area contributed by atoms with Crippen LogP contribution >= 0.6 is 0 Å². The Labute approximate surface area is 194 Å². The van der Waals surface area contributed by atoms with E-state index in [4.69, 9.17) is 0 Å². The predicted octanol–water partition coefficient (Wildman–Crippen LogP) is 1.05. The van der Waals surface area contributed by atoms with Crippen LogP contribution in [0.15, 0.2) is 36.8 Å². The summed E-state index contributed by atoms with van der Waals surface area (Å²) in [5.74, 6) is 0.516. The van der Waals surface area contributed by atoms with Crippen LogP contribution in [-0.4, -0.2) is 81.6 Å². The number of rotatable bonds is 7. The number of likely N-dealkylation sites (tertiary alicyclic amines) is 1. The Morgan fingerprint density at radius 2 is 2.00 bits per heavy atom. The number of carbonyl (C=O) groups excluding carboxylic acids is 2. The lowest BCUT2D eigenvalue weighted by molar-refractivity contribution is -0.129. The van der Waals surface area contributed by atoms with E-state index in [1.165, 1.54) is 11.1 Å². The predicted molar refractivity (Wildman–Crippen MR) is 125 cm³/mol. The number of piperidine rings is 1. The molecule has 4 heterocycles. The monoisotopic (exact) mass is 452 g/mol. The molecule has 2 amide bonds. The SMILES string of the molecule is CC(=O)N1CCC(Nc2cc(C(=O)NC[C@H](O)CN3CCc4cnccc4C3)ccn2)CC1. The summed E-state index contributed by atoms with van der Waals surface area (Å²) in [5, 5.41) is 16.7. The van der Waals surface area contributed by atoms with Crippen molar-refractivity contribution in [2.24, 2.45) is 0 Å². The largest absolute Gasteiger partial charge is 0.390 e. The van der Waals surface area contributed by atoms with Gasteiger partial charge in [0, 0.05) is 76.4 Å². The van der Waals surface area contributed by atoms with Crippen molar-refractivity contribution in [3.63, 3.8) is 0 Å². The van der Waals surface area contributed by atoms with E-state index in [1.807, 2.05) is 17.2 Å². The lowest BCUT2D eigenvalue weighted by Gasteiger charge is -2.32. The van der Waals surface area contributed by atoms with Crippen molar-refractivity contribution in [3.8, 4) is 0 Å². The lowest BCUT2D eigenvalue weighted by Crippen LogP contribution is -2.42. The van der Waals surface area contributed by atoms with Gasteiger partial charge in [0.05, 0.1) is 6.10 Å². The molecule has 2 aliphatic heterocycles. The van der Waals surface area contributed by atoms with E-state index in [9.17, 15) is 14.7 Å². The van der Waals surface area contributed by atoms with Crippen molar-refractivity contribution in [3.05, 3.63) is 53.5 Å². The third-order valence-corrected chi connectivity index (χ3v) is 6.38. The van der Waals surface area contributed by atoms with Gasteiger partial charge in [-0.05, 0) is 48.6 Å². The first-order valence-corrected chi connectivity index (χ1v) is 11.6. The van der Waals surface area contributed by atoms with E-state index in [1.54, 1.807) is 31.5 Å². The van der Waals surface area contributed by atoms with Gasteiger partial charge in [0.25, 0.3) is 5.91 Å². The highest BCUT2D eigenvalue weighted by Gasteiger charge is 2.22. The average molecular weight is 453 g/mol. The Balaban J connectivity index is 1.23. The first kappa shape index (κ1) is 23.1. The van der Waals surface area contributed by atoms with E-state index in [2.05, 4.69) is 25.5 Å². The third kappa shape index (κ3) is 6.27. The van der Waals surface area contributed by atoms with Gasteiger partial charge < -0.3 is 20.6 Å². The zero-order valence-electron chi connectivity index (χ0n) is 19.0. The Hall–Kier alpha value is -3.04. The number of amides is 2. The summed E-state index contributed by atoms with van der Waals surface area (Å²) in [6.07, 6.45) is 7.29. The highest BCUT2D eigenvalue weighted by atomic mass is 16.3. The van der Waals surface area contributed by atoms with Crippen LogP contribution in [-0.2, 0) is 17.8 Å². The molecule has 2 aliphatic rings. The van der Waals surface area contributed by atoms with Crippen molar-refractivity contribution >= 4 is 17.6 Å². The number of hydrogen-bond donors (Lipinski definition) is 3. The van der Waals surface area contributed by atoms with Gasteiger partial charge in [-0.1, -0.05) is 0 Å². The normalized spacial score (nSPS) is 17.8. The van der Waals surface area contributed by atoms with E-state index in [0.29, 0.717) is 17.9 Å². The number of fused-ring (bicyclic) bond motifs is 1. The van der Waals surface area contributed by atoms with Crippen LogP contribution in [0.1, 0.15) is 41.3 Å². The van der Waals surface area contributed by atoms with Crippen LogP contribution in [0.25, 0.3) is 0 Å². The van der Waals surface area contributed by atoms with E-state index in [0.717, 1.165) is 45.4 Å². The molecular formula is C24H32N6O3. The second-order valence-electron chi connectivity index (χ2n) is 8.85. The van der Waals surface area contributed by atoms with Crippen LogP contribution in [0, 0.1) is 0 Å². The Morgan fingerprint density at radius 3 is 2.79 bits per heavy atom. The number of aromatic nitrogens is 2. The maximum Gasteiger partial charge on any atom is 0.251 e. The first-order chi connectivity index (χ1) is 16.0. The molecule has 0 radical (unpaired) electrons. The molecule has 0 bridgehead atoms. The average Bonchev–Trinajstić information content (AvgIpc) is 2.83. The zero-order valence-corrected chi connectivity index (χ0v) is 19.0. The number of aliphatic hydroxyl groups is 1. The van der Waals surface area contributed by atoms with Crippen LogP contribution < -0.4 is 10.6 Å². The molecule has 3 N–H and O–H groups in total. The maximum absolute atomic E-state index is 12.6. The highest BCUT2D eigenvalue weighted by Crippen LogP contribution is 2.18. The fourth-order valence-electron chi connectivity index (χ4n) is 4.46. The van der Waals surface area contributed by atoms with E-state index < -0.39 is 6.10 Å². The summed E-state index contributed by atoms with van der Waals surface area (Å²) in [6, 6.07) is 5.64. The number of anilines is 1. The Kier molecular flexibility index (Phi) is 7.51. The van der Waals surface area contributed by atoms with Gasteiger partial charge >= 0.3 is 0 Å². The van der Waals surface area contributed by atoms with Crippen LogP contribution in [0.5, 0.6) is 0 Å². The molecular weight excluding hydrogens is 420 g/mol. The van der Waals surface area contributed by atoms with Gasteiger partial charge in [-0.25, -0.2) is 4.98 Å². The van der Waals surface area contributed by atoms with Crippen molar-refractivity contribution in [2.75, 3.05) is 38.0 Å². The van der Waals surface area contributed by atoms with Crippen molar-refractivity contribution < 1.29 is 14.7 Å². The number of β-amino-alcohol motifs (C(OH)–C–C–N with tert-alkyl or cyclic N) is 1. The summed E-state index contributed by atoms with van der Waals surface area (Å²) in [5.41, 5.74) is 3.01. The lowest BCUT2D eigenvalue weighted by atomic mass is 10.0. The zero-order chi connectivity index (χ0) is 23.2. The molecule has 9 nitrogen and oxygen atoms in total. The summed E-state index contributed by atoms with van der Waals surface area (Å²) < 4.78 is 0. The van der Waals surface area contributed by atoms with Gasteiger partial charge in [-0.15, -0.1) is 0 Å². The van der Waals surface area contributed by atoms with Gasteiger partial charge in [0.1, 0.15) is 5.82 Å². The molecule has 33 heavy (non-hydrogen) atoms. The molecule has 1 fully saturated rings. The number of hydrogen-bond acceptors (Lipinski definition) is 7. The standard InChI is InChI=1S/C24H32N6O3/c1-17(31)30-10-5-21(6-11-30)28-23-12-18(3-8-26-23)24(33)27-14-22(32)16-29-9-4-19-13-25-7-2-20(19)15-29/h2-3,7-8,12-13,21-22,32H,4-6,9-11,14-16H2,1H3,(H,26,28)(H,27,33)/t22-/m0/s1. The molecule has 0 unspecified atom stereocenters. The number of nitrogens with zero attached hydrogens (tertiary/aromatic N) is 4. The summed E-state index contributed by atoms with van der Waals surface area (Å²) in [7, 11) is 0. The second kappa shape index (κ2) is 10.7. The molecule has 1 saturated heterocycles. The van der Waals surface area contributed by atoms with E-state index >= 15 is 0 Å². The molecule has 2 aromatic heterocycles. The first-order valence-electron chi connectivity index (χ1n) is 11.6. The summed E-state index contributed by atoms with van der Waals surface area (Å²) in [6.45, 7) is 5.39. The van der Waals surface area contributed by atoms with Gasteiger partial charge in [-0.2, -0.15) is 0 Å². The molecule has 0 aromatic carbocycles. The number of aliphatic hydroxyl groups excluding tert-OH is 1. The molecule has 0 saturated carbocycles. The van der Waals surface area contributed by atoms with E-state index in [-0.39, 0.29) is 24.4 Å². The quantitative estimate of drug-likeness (QED) is 0.576. The fourth-order valence-corrected chi connectivity index (χ4v) is 4.46. The van der Waals surface area contributed by atoms with Gasteiger partial charge in [0.2, 0.25) is 5.91 Å². The molecule has 0 spiro atoms. The van der Waals surface area contributed by atoms with Crippen molar-refractivity contribution in [1.82, 2.24) is 25.1 Å². The van der Waals surface area contributed by atoms with Crippen molar-refractivity contribution in [2.45, 2.75) is 44.9 Å². The third-order valence-electron chi connectivity index (χ3n) is 6.38. The van der Waals surface area contributed by atoms with Crippen molar-refractivity contribution in [1.29, 1.82) is 0 Å². The summed E-state index contributed by atoms with van der Waals surface area (Å²) in [4.78, 5) is 36.7. The van der Waals surface area contributed by atoms with Gasteiger partial charge in [0.15, 0.2) is 0 Å². The molecule has 2 aromatic rings. The second-order valence-corrected chi connectivity index (χ2v) is 8.85.